The van der Waals surface area contributed by atoms with E-state index in [0.29, 0.717) is 32.0 Å². The van der Waals surface area contributed by atoms with E-state index in [9.17, 15) is 9.59 Å². The van der Waals surface area contributed by atoms with Crippen LogP contribution in [-0.4, -0.2) is 71.0 Å². The van der Waals surface area contributed by atoms with Gasteiger partial charge in [-0.15, -0.1) is 11.3 Å². The minimum Gasteiger partial charge on any atom is -0.372 e. The molecular formula is C26H29N5O3S. The number of piperidine rings is 1. The van der Waals surface area contributed by atoms with Crippen LogP contribution in [-0.2, 0) is 4.79 Å². The Hall–Kier alpha value is -3.46. The van der Waals surface area contributed by atoms with Crippen LogP contribution in [0, 0.1) is 5.92 Å². The molecule has 35 heavy (non-hydrogen) atoms. The molecule has 4 heterocycles. The number of piperazine rings is 1. The predicted octanol–water partition coefficient (Wildman–Crippen LogP) is 4.03. The molecule has 2 aromatic heterocycles. The predicted molar refractivity (Wildman–Crippen MR) is 136 cm³/mol. The maximum absolute atomic E-state index is 12.9. The van der Waals surface area contributed by atoms with E-state index in [2.05, 4.69) is 34.1 Å². The van der Waals surface area contributed by atoms with Crippen LogP contribution in [0.15, 0.2) is 52.4 Å². The van der Waals surface area contributed by atoms with Gasteiger partial charge in [0.1, 0.15) is 0 Å². The van der Waals surface area contributed by atoms with Gasteiger partial charge >= 0.3 is 11.8 Å². The summed E-state index contributed by atoms with van der Waals surface area (Å²) in [5.41, 5.74) is 2.01. The van der Waals surface area contributed by atoms with Gasteiger partial charge in [-0.2, -0.15) is 4.98 Å². The first-order valence-corrected chi connectivity index (χ1v) is 12.9. The number of hydrogen-bond acceptors (Lipinski definition) is 7. The van der Waals surface area contributed by atoms with E-state index >= 15 is 0 Å². The van der Waals surface area contributed by atoms with Crippen molar-refractivity contribution >= 4 is 34.9 Å². The number of amides is 2. The summed E-state index contributed by atoms with van der Waals surface area (Å²) in [6.45, 7) is 6.25. The van der Waals surface area contributed by atoms with E-state index in [-0.39, 0.29) is 17.7 Å². The van der Waals surface area contributed by atoms with Crippen molar-refractivity contribution in [3.05, 3.63) is 58.6 Å². The minimum atomic E-state index is -0.302. The Morgan fingerprint density at radius 1 is 1.00 bits per heavy atom. The Balaban J connectivity index is 1.16. The molecule has 0 N–H and O–H groups in total. The Morgan fingerprint density at radius 3 is 2.40 bits per heavy atom. The van der Waals surface area contributed by atoms with Crippen LogP contribution in [0.3, 0.4) is 0 Å². The third kappa shape index (κ3) is 5.45. The first kappa shape index (κ1) is 23.3. The molecule has 3 aromatic rings. The maximum atomic E-state index is 12.9. The van der Waals surface area contributed by atoms with Crippen molar-refractivity contribution in [1.82, 2.24) is 19.9 Å². The zero-order valence-electron chi connectivity index (χ0n) is 19.8. The van der Waals surface area contributed by atoms with E-state index < -0.39 is 0 Å². The fourth-order valence-corrected chi connectivity index (χ4v) is 5.04. The molecule has 2 fully saturated rings. The number of rotatable bonds is 5. The maximum Gasteiger partial charge on any atom is 0.316 e. The molecule has 2 aliphatic heterocycles. The molecule has 0 unspecified atom stereocenters. The Morgan fingerprint density at radius 2 is 1.71 bits per heavy atom. The van der Waals surface area contributed by atoms with Gasteiger partial charge in [0.15, 0.2) is 0 Å². The molecular weight excluding hydrogens is 462 g/mol. The second-order valence-electron chi connectivity index (χ2n) is 9.11. The van der Waals surface area contributed by atoms with Gasteiger partial charge in [0.05, 0.1) is 0 Å². The van der Waals surface area contributed by atoms with Crippen LogP contribution in [0.25, 0.3) is 17.5 Å². The molecule has 2 saturated heterocycles. The highest BCUT2D eigenvalue weighted by Gasteiger charge is 2.27. The normalized spacial score (nSPS) is 17.3. The number of aromatic nitrogens is 2. The summed E-state index contributed by atoms with van der Waals surface area (Å²) in [4.78, 5) is 36.5. The fourth-order valence-electron chi connectivity index (χ4n) is 4.43. The monoisotopic (exact) mass is 491 g/mol. The Kier molecular flexibility index (Phi) is 6.94. The molecule has 0 bridgehead atoms. The molecule has 2 aliphatic rings. The molecule has 1 aromatic carbocycles. The summed E-state index contributed by atoms with van der Waals surface area (Å²) in [6.07, 6.45) is 5.84. The zero-order chi connectivity index (χ0) is 24.2. The van der Waals surface area contributed by atoms with Crippen LogP contribution in [0.5, 0.6) is 0 Å². The summed E-state index contributed by atoms with van der Waals surface area (Å²) in [7, 11) is 0. The summed E-state index contributed by atoms with van der Waals surface area (Å²) >= 11 is 1.59. The van der Waals surface area contributed by atoms with Crippen molar-refractivity contribution in [2.24, 2.45) is 5.92 Å². The third-order valence-corrected chi connectivity index (χ3v) is 7.53. The molecule has 8 nitrogen and oxygen atoms in total. The lowest BCUT2D eigenvalue weighted by atomic mass is 9.98. The van der Waals surface area contributed by atoms with Crippen LogP contribution in [0.2, 0.25) is 0 Å². The molecule has 5 rings (SSSR count). The van der Waals surface area contributed by atoms with E-state index in [0.717, 1.165) is 29.4 Å². The highest BCUT2D eigenvalue weighted by Crippen LogP contribution is 2.25. The van der Waals surface area contributed by atoms with Gasteiger partial charge in [0, 0.05) is 61.5 Å². The van der Waals surface area contributed by atoms with E-state index in [1.807, 2.05) is 35.7 Å². The van der Waals surface area contributed by atoms with Crippen molar-refractivity contribution in [3.63, 3.8) is 0 Å². The van der Waals surface area contributed by atoms with Gasteiger partial charge in [-0.25, -0.2) is 0 Å². The number of anilines is 1. The highest BCUT2D eigenvalue weighted by atomic mass is 32.1. The summed E-state index contributed by atoms with van der Waals surface area (Å²) < 4.78 is 5.29. The van der Waals surface area contributed by atoms with Crippen molar-refractivity contribution < 1.29 is 14.1 Å². The largest absolute Gasteiger partial charge is 0.372 e. The lowest BCUT2D eigenvalue weighted by Gasteiger charge is -2.33. The molecule has 0 spiro atoms. The van der Waals surface area contributed by atoms with Crippen molar-refractivity contribution in [2.75, 3.05) is 44.2 Å². The quantitative estimate of drug-likeness (QED) is 0.501. The van der Waals surface area contributed by atoms with Gasteiger partial charge in [0.2, 0.25) is 11.7 Å². The number of carbonyl (C=O) groups is 2. The molecule has 0 atom stereocenters. The first-order chi connectivity index (χ1) is 17.1. The van der Waals surface area contributed by atoms with E-state index in [1.54, 1.807) is 27.2 Å². The molecule has 9 heteroatoms. The second kappa shape index (κ2) is 10.4. The zero-order valence-corrected chi connectivity index (χ0v) is 20.6. The van der Waals surface area contributed by atoms with E-state index in [1.165, 1.54) is 18.5 Å². The summed E-state index contributed by atoms with van der Waals surface area (Å²) in [6, 6.07) is 12.0. The SMILES string of the molecule is CC1CCN(c2ccc(-c3noc(C(=O)N4CCN(C(=O)C=Cc5cccs5)CC4)n3)cc2)CC1. The number of hydrogen-bond donors (Lipinski definition) is 0. The van der Waals surface area contributed by atoms with Gasteiger partial charge < -0.3 is 19.2 Å². The third-order valence-electron chi connectivity index (χ3n) is 6.70. The topological polar surface area (TPSA) is 82.8 Å². The minimum absolute atomic E-state index is 0.0218. The lowest BCUT2D eigenvalue weighted by Crippen LogP contribution is -2.50. The number of thiophene rings is 1. The average Bonchev–Trinajstić information content (AvgIpc) is 3.60. The smallest absolute Gasteiger partial charge is 0.316 e. The van der Waals surface area contributed by atoms with Crippen LogP contribution >= 0.6 is 11.3 Å². The molecule has 2 amide bonds. The fraction of sp³-hybridized carbons (Fsp3) is 0.385. The number of nitrogens with zero attached hydrogens (tertiary/aromatic N) is 5. The van der Waals surface area contributed by atoms with Gasteiger partial charge in [-0.05, 0) is 60.5 Å². The molecule has 0 radical (unpaired) electrons. The second-order valence-corrected chi connectivity index (χ2v) is 10.1. The Bertz CT molecular complexity index is 1170. The van der Waals surface area contributed by atoms with Crippen molar-refractivity contribution in [3.8, 4) is 11.4 Å². The summed E-state index contributed by atoms with van der Waals surface area (Å²) in [5, 5.41) is 6.00. The van der Waals surface area contributed by atoms with Gasteiger partial charge in [-0.1, -0.05) is 18.1 Å². The standard InChI is InChI=1S/C26H29N5O3S/c1-19-10-12-29(13-11-19)21-6-4-20(5-7-21)24-27-25(34-28-24)26(33)31-16-14-30(15-17-31)23(32)9-8-22-3-2-18-35-22/h2-9,18-19H,10-17H2,1H3. The van der Waals surface area contributed by atoms with Crippen molar-refractivity contribution in [1.29, 1.82) is 0 Å². The van der Waals surface area contributed by atoms with Gasteiger partial charge in [-0.3, -0.25) is 9.59 Å². The van der Waals surface area contributed by atoms with E-state index in [4.69, 9.17) is 4.52 Å². The summed E-state index contributed by atoms with van der Waals surface area (Å²) in [5.74, 6) is 0.820. The number of benzene rings is 1. The highest BCUT2D eigenvalue weighted by molar-refractivity contribution is 7.10. The lowest BCUT2D eigenvalue weighted by molar-refractivity contribution is -0.127. The molecule has 0 saturated carbocycles. The molecule has 0 aliphatic carbocycles. The number of carbonyl (C=O) groups excluding carboxylic acids is 2. The van der Waals surface area contributed by atoms with Crippen LogP contribution < -0.4 is 4.90 Å². The van der Waals surface area contributed by atoms with Crippen LogP contribution in [0.1, 0.15) is 35.3 Å². The molecule has 182 valence electrons. The first-order valence-electron chi connectivity index (χ1n) is 12.1. The van der Waals surface area contributed by atoms with Gasteiger partial charge in [0.25, 0.3) is 0 Å². The van der Waals surface area contributed by atoms with Crippen LogP contribution in [0.4, 0.5) is 5.69 Å². The van der Waals surface area contributed by atoms with Crippen molar-refractivity contribution in [2.45, 2.75) is 19.8 Å². The Labute approximate surface area is 208 Å². The average molecular weight is 492 g/mol.